The quantitative estimate of drug-likeness (QED) is 0.916. The first-order valence-electron chi connectivity index (χ1n) is 5.74. The highest BCUT2D eigenvalue weighted by Crippen LogP contribution is 2.28. The largest absolute Gasteiger partial charge is 0.501 e. The van der Waals surface area contributed by atoms with E-state index in [2.05, 4.69) is 15.9 Å². The van der Waals surface area contributed by atoms with Gasteiger partial charge in [-0.2, -0.15) is 0 Å². The van der Waals surface area contributed by atoms with Crippen LogP contribution >= 0.6 is 15.9 Å². The summed E-state index contributed by atoms with van der Waals surface area (Å²) >= 11 is 3.25. The van der Waals surface area contributed by atoms with Gasteiger partial charge in [-0.3, -0.25) is 0 Å². The summed E-state index contributed by atoms with van der Waals surface area (Å²) in [5, 5.41) is 9.15. The average Bonchev–Trinajstić information content (AvgIpc) is 2.41. The third-order valence-corrected chi connectivity index (χ3v) is 3.24. The van der Waals surface area contributed by atoms with Crippen molar-refractivity contribution in [1.29, 1.82) is 0 Å². The molecule has 0 amide bonds. The van der Waals surface area contributed by atoms with Crippen molar-refractivity contribution in [2.24, 2.45) is 0 Å². The highest BCUT2D eigenvalue weighted by atomic mass is 79.9. The summed E-state index contributed by atoms with van der Waals surface area (Å²) in [6.07, 6.45) is 5.07. The molecule has 100 valence electrons. The molecule has 4 nitrogen and oxygen atoms in total. The Morgan fingerprint density at radius 2 is 1.95 bits per heavy atom. The summed E-state index contributed by atoms with van der Waals surface area (Å²) < 4.78 is 11.5. The Morgan fingerprint density at radius 1 is 1.26 bits per heavy atom. The highest BCUT2D eigenvalue weighted by molar-refractivity contribution is 9.10. The summed E-state index contributed by atoms with van der Waals surface area (Å²) in [5.41, 5.74) is 0.136. The average molecular weight is 325 g/mol. The standard InChI is InChI=1S/C14H13BrO4/c1-18-10-3-5-11(6-4-10)19-13-7-2-9(15)8-12(13)14(16)17/h2-3,5,7-8H,4,6H2,1H3,(H,16,17). The van der Waals surface area contributed by atoms with E-state index in [1.165, 1.54) is 6.07 Å². The lowest BCUT2D eigenvalue weighted by Crippen LogP contribution is -2.05. The molecule has 1 N–H and O–H groups in total. The molecule has 1 aliphatic rings. The van der Waals surface area contributed by atoms with E-state index >= 15 is 0 Å². The molecule has 0 radical (unpaired) electrons. The number of rotatable bonds is 4. The summed E-state index contributed by atoms with van der Waals surface area (Å²) in [6.45, 7) is 0. The van der Waals surface area contributed by atoms with Crippen LogP contribution in [0.2, 0.25) is 0 Å². The molecule has 0 saturated carbocycles. The lowest BCUT2D eigenvalue weighted by Gasteiger charge is -2.16. The van der Waals surface area contributed by atoms with E-state index in [9.17, 15) is 4.79 Å². The number of ether oxygens (including phenoxy) is 2. The molecule has 1 aliphatic carbocycles. The maximum absolute atomic E-state index is 11.2. The lowest BCUT2D eigenvalue weighted by atomic mass is 10.1. The molecule has 0 fully saturated rings. The zero-order chi connectivity index (χ0) is 13.8. The smallest absolute Gasteiger partial charge is 0.339 e. The minimum absolute atomic E-state index is 0.136. The van der Waals surface area contributed by atoms with Gasteiger partial charge in [-0.05, 0) is 30.4 Å². The van der Waals surface area contributed by atoms with Gasteiger partial charge in [-0.25, -0.2) is 4.79 Å². The van der Waals surface area contributed by atoms with E-state index in [0.29, 0.717) is 16.6 Å². The van der Waals surface area contributed by atoms with E-state index in [1.807, 2.05) is 6.08 Å². The third-order valence-electron chi connectivity index (χ3n) is 2.75. The van der Waals surface area contributed by atoms with Crippen LogP contribution in [0.5, 0.6) is 5.75 Å². The van der Waals surface area contributed by atoms with Crippen LogP contribution in [0.1, 0.15) is 23.2 Å². The number of carboxylic acid groups (broad SMARTS) is 1. The number of hydrogen-bond donors (Lipinski definition) is 1. The first-order valence-corrected chi connectivity index (χ1v) is 6.54. The fraction of sp³-hybridized carbons (Fsp3) is 0.214. The molecule has 0 unspecified atom stereocenters. The van der Waals surface area contributed by atoms with Gasteiger partial charge in [-0.1, -0.05) is 15.9 Å². The summed E-state index contributed by atoms with van der Waals surface area (Å²) in [4.78, 5) is 11.2. The van der Waals surface area contributed by atoms with Crippen molar-refractivity contribution in [2.45, 2.75) is 12.8 Å². The maximum atomic E-state index is 11.2. The first kappa shape index (κ1) is 13.7. The van der Waals surface area contributed by atoms with Crippen molar-refractivity contribution < 1.29 is 19.4 Å². The molecular weight excluding hydrogens is 312 g/mol. The van der Waals surface area contributed by atoms with Crippen LogP contribution in [0.4, 0.5) is 0 Å². The van der Waals surface area contributed by atoms with E-state index in [4.69, 9.17) is 14.6 Å². The molecule has 1 aromatic carbocycles. The highest BCUT2D eigenvalue weighted by Gasteiger charge is 2.15. The predicted molar refractivity (Wildman–Crippen MR) is 74.1 cm³/mol. The van der Waals surface area contributed by atoms with Crippen molar-refractivity contribution in [3.05, 3.63) is 51.9 Å². The van der Waals surface area contributed by atoms with E-state index in [1.54, 1.807) is 25.3 Å². The van der Waals surface area contributed by atoms with Gasteiger partial charge in [-0.15, -0.1) is 0 Å². The van der Waals surface area contributed by atoms with Crippen LogP contribution in [0, 0.1) is 0 Å². The molecule has 0 heterocycles. The minimum atomic E-state index is -1.01. The fourth-order valence-corrected chi connectivity index (χ4v) is 2.11. The maximum Gasteiger partial charge on any atom is 0.339 e. The second-order valence-electron chi connectivity index (χ2n) is 4.02. The monoisotopic (exact) mass is 324 g/mol. The molecule has 1 aromatic rings. The second-order valence-corrected chi connectivity index (χ2v) is 4.93. The fourth-order valence-electron chi connectivity index (χ4n) is 1.75. The van der Waals surface area contributed by atoms with Crippen LogP contribution in [0.25, 0.3) is 0 Å². The van der Waals surface area contributed by atoms with Gasteiger partial charge < -0.3 is 14.6 Å². The number of hydrogen-bond acceptors (Lipinski definition) is 3. The van der Waals surface area contributed by atoms with Gasteiger partial charge in [0, 0.05) is 17.3 Å². The number of aromatic carboxylic acids is 1. The van der Waals surface area contributed by atoms with Gasteiger partial charge in [0.15, 0.2) is 0 Å². The van der Waals surface area contributed by atoms with Crippen LogP contribution in [-0.2, 0) is 4.74 Å². The van der Waals surface area contributed by atoms with Crippen LogP contribution in [0.15, 0.2) is 46.3 Å². The third kappa shape index (κ3) is 3.38. The number of methoxy groups -OCH3 is 1. The molecule has 5 heteroatoms. The summed E-state index contributed by atoms with van der Waals surface area (Å²) in [5.74, 6) is 0.948. The van der Waals surface area contributed by atoms with E-state index < -0.39 is 5.97 Å². The van der Waals surface area contributed by atoms with Crippen molar-refractivity contribution in [3.8, 4) is 5.75 Å². The molecule has 0 aromatic heterocycles. The van der Waals surface area contributed by atoms with Gasteiger partial charge >= 0.3 is 5.97 Å². The summed E-state index contributed by atoms with van der Waals surface area (Å²) in [6, 6.07) is 4.92. The van der Waals surface area contributed by atoms with Crippen molar-refractivity contribution in [3.63, 3.8) is 0 Å². The molecule has 2 rings (SSSR count). The Balaban J connectivity index is 2.23. The SMILES string of the molecule is COC1=CC=C(Oc2ccc(Br)cc2C(=O)O)CC1. The molecule has 0 bridgehead atoms. The first-order chi connectivity index (χ1) is 9.10. The molecule has 19 heavy (non-hydrogen) atoms. The van der Waals surface area contributed by atoms with Crippen molar-refractivity contribution in [2.75, 3.05) is 7.11 Å². The second kappa shape index (κ2) is 5.93. The van der Waals surface area contributed by atoms with Gasteiger partial charge in [0.1, 0.15) is 17.1 Å². The number of allylic oxidation sites excluding steroid dienone is 4. The van der Waals surface area contributed by atoms with Crippen LogP contribution in [-0.4, -0.2) is 18.2 Å². The number of carboxylic acids is 1. The van der Waals surface area contributed by atoms with Crippen molar-refractivity contribution in [1.82, 2.24) is 0 Å². The Bertz CT molecular complexity index is 561. The summed E-state index contributed by atoms with van der Waals surface area (Å²) in [7, 11) is 1.63. The number of carbonyl (C=O) groups is 1. The van der Waals surface area contributed by atoms with Gasteiger partial charge in [0.25, 0.3) is 0 Å². The number of benzene rings is 1. The van der Waals surface area contributed by atoms with Crippen LogP contribution < -0.4 is 4.74 Å². The Hall–Kier alpha value is -1.75. The lowest BCUT2D eigenvalue weighted by molar-refractivity contribution is 0.0693. The number of halogens is 1. The Kier molecular flexibility index (Phi) is 4.27. The van der Waals surface area contributed by atoms with E-state index in [0.717, 1.165) is 17.9 Å². The van der Waals surface area contributed by atoms with Gasteiger partial charge in [0.05, 0.1) is 12.9 Å². The Labute approximate surface area is 119 Å². The minimum Gasteiger partial charge on any atom is -0.501 e. The molecule has 0 spiro atoms. The molecule has 0 saturated heterocycles. The molecule has 0 atom stereocenters. The zero-order valence-corrected chi connectivity index (χ0v) is 11.9. The van der Waals surface area contributed by atoms with Gasteiger partial charge in [0.2, 0.25) is 0 Å². The predicted octanol–water partition coefficient (Wildman–Crippen LogP) is 3.73. The normalized spacial score (nSPS) is 14.4. The van der Waals surface area contributed by atoms with E-state index in [-0.39, 0.29) is 5.56 Å². The topological polar surface area (TPSA) is 55.8 Å². The molecular formula is C14H13BrO4. The Morgan fingerprint density at radius 3 is 2.53 bits per heavy atom. The van der Waals surface area contributed by atoms with Crippen molar-refractivity contribution >= 4 is 21.9 Å². The molecule has 0 aliphatic heterocycles. The zero-order valence-electron chi connectivity index (χ0n) is 10.4. The van der Waals surface area contributed by atoms with Crippen LogP contribution in [0.3, 0.4) is 0 Å².